The number of halogens is 2. The molecule has 0 aliphatic heterocycles. The van der Waals surface area contributed by atoms with E-state index in [-0.39, 0.29) is 11.3 Å². The summed E-state index contributed by atoms with van der Waals surface area (Å²) in [4.78, 5) is 38.2. The molecule has 0 bridgehead atoms. The monoisotopic (exact) mass is 525 g/mol. The van der Waals surface area contributed by atoms with Crippen molar-refractivity contribution in [2.75, 3.05) is 24.4 Å². The second-order valence-electron chi connectivity index (χ2n) is 8.98. The number of nitrogens with one attached hydrogen (secondary N) is 2. The molecule has 0 spiro atoms. The second-order valence-corrected chi connectivity index (χ2v) is 9.84. The van der Waals surface area contributed by atoms with Gasteiger partial charge in [0.25, 0.3) is 5.56 Å². The van der Waals surface area contributed by atoms with E-state index < -0.39 is 23.2 Å². The van der Waals surface area contributed by atoms with E-state index in [2.05, 4.69) is 25.2 Å². The normalized spacial score (nSPS) is 14.1. The fraction of sp³-hybridized carbons (Fsp3) is 0.308. The average Bonchev–Trinajstić information content (AvgIpc) is 3.35. The summed E-state index contributed by atoms with van der Waals surface area (Å²) in [6.45, 7) is 0. The molecule has 1 saturated carbocycles. The molecule has 0 saturated heterocycles. The summed E-state index contributed by atoms with van der Waals surface area (Å²) in [6, 6.07) is 7.26. The molecular formula is C26H25F2N5O3S. The maximum atomic E-state index is 14.3. The third kappa shape index (κ3) is 5.04. The van der Waals surface area contributed by atoms with Crippen molar-refractivity contribution in [2.24, 2.45) is 0 Å². The van der Waals surface area contributed by atoms with Gasteiger partial charge in [0.2, 0.25) is 5.69 Å². The van der Waals surface area contributed by atoms with E-state index in [4.69, 9.17) is 4.74 Å². The zero-order valence-corrected chi connectivity index (χ0v) is 21.1. The number of carbonyl (C=O) groups is 1. The first kappa shape index (κ1) is 24.8. The standard InChI is InChI=1S/C26H25F2N5O3S/c1-33(15-6-4-3-5-7-15)22-12-19-18(30-24(34)23(29-19)25(35)36-2)11-20(22)31-26-32-21(13-37-26)16-9-8-14(27)10-17(16)28/h8-13,15H,3-7H2,1-2H3,(H,30,34)(H,31,32). The summed E-state index contributed by atoms with van der Waals surface area (Å²) in [5.41, 5.74) is 1.98. The molecule has 2 N–H and O–H groups in total. The molecule has 1 aliphatic carbocycles. The smallest absolute Gasteiger partial charge is 0.362 e. The molecule has 5 rings (SSSR count). The molecule has 192 valence electrons. The lowest BCUT2D eigenvalue weighted by Gasteiger charge is -2.34. The minimum atomic E-state index is -0.809. The number of thiazole rings is 1. The Labute approximate surface area is 215 Å². The van der Waals surface area contributed by atoms with Gasteiger partial charge in [0.1, 0.15) is 11.6 Å². The Balaban J connectivity index is 1.56. The Morgan fingerprint density at radius 1 is 1.16 bits per heavy atom. The van der Waals surface area contributed by atoms with Crippen LogP contribution in [0.2, 0.25) is 0 Å². The summed E-state index contributed by atoms with van der Waals surface area (Å²) in [6.07, 6.45) is 5.59. The topological polar surface area (TPSA) is 100 Å². The molecule has 4 aromatic rings. The van der Waals surface area contributed by atoms with Gasteiger partial charge in [-0.3, -0.25) is 4.79 Å². The van der Waals surface area contributed by atoms with Gasteiger partial charge >= 0.3 is 5.97 Å². The van der Waals surface area contributed by atoms with Crippen LogP contribution in [-0.2, 0) is 4.74 Å². The number of methoxy groups -OCH3 is 1. The summed E-state index contributed by atoms with van der Waals surface area (Å²) < 4.78 is 32.3. The highest BCUT2D eigenvalue weighted by atomic mass is 32.1. The number of esters is 1. The number of aromatic nitrogens is 3. The van der Waals surface area contributed by atoms with Gasteiger partial charge in [0.15, 0.2) is 5.13 Å². The Bertz CT molecular complexity index is 1530. The van der Waals surface area contributed by atoms with Crippen LogP contribution in [0, 0.1) is 11.6 Å². The number of benzene rings is 2. The number of hydrogen-bond donors (Lipinski definition) is 2. The van der Waals surface area contributed by atoms with E-state index in [0.29, 0.717) is 33.6 Å². The average molecular weight is 526 g/mol. The van der Waals surface area contributed by atoms with Crippen molar-refractivity contribution in [1.82, 2.24) is 15.0 Å². The lowest BCUT2D eigenvalue weighted by Crippen LogP contribution is -2.33. The van der Waals surface area contributed by atoms with Crippen molar-refractivity contribution in [3.8, 4) is 11.3 Å². The van der Waals surface area contributed by atoms with Crippen LogP contribution in [0.15, 0.2) is 40.5 Å². The summed E-state index contributed by atoms with van der Waals surface area (Å²) in [5, 5.41) is 5.49. The number of anilines is 3. The van der Waals surface area contributed by atoms with E-state index in [1.54, 1.807) is 11.4 Å². The van der Waals surface area contributed by atoms with Gasteiger partial charge in [-0.25, -0.2) is 23.5 Å². The lowest BCUT2D eigenvalue weighted by molar-refractivity contribution is 0.0592. The number of ether oxygens (including phenoxy) is 1. The third-order valence-corrected chi connectivity index (χ3v) is 7.40. The molecule has 1 fully saturated rings. The van der Waals surface area contributed by atoms with E-state index in [0.717, 1.165) is 37.4 Å². The van der Waals surface area contributed by atoms with Crippen LogP contribution in [0.5, 0.6) is 0 Å². The molecule has 2 heterocycles. The highest BCUT2D eigenvalue weighted by molar-refractivity contribution is 7.14. The Morgan fingerprint density at radius 3 is 2.68 bits per heavy atom. The Morgan fingerprint density at radius 2 is 1.95 bits per heavy atom. The van der Waals surface area contributed by atoms with E-state index >= 15 is 0 Å². The van der Waals surface area contributed by atoms with Gasteiger partial charge in [-0.2, -0.15) is 0 Å². The first-order chi connectivity index (χ1) is 17.8. The molecular weight excluding hydrogens is 500 g/mol. The van der Waals surface area contributed by atoms with Gasteiger partial charge in [0.05, 0.1) is 35.2 Å². The first-order valence-electron chi connectivity index (χ1n) is 11.9. The van der Waals surface area contributed by atoms with Crippen LogP contribution >= 0.6 is 11.3 Å². The second kappa shape index (κ2) is 10.3. The van der Waals surface area contributed by atoms with Gasteiger partial charge in [0, 0.05) is 30.1 Å². The Kier molecular flexibility index (Phi) is 6.88. The van der Waals surface area contributed by atoms with Gasteiger partial charge in [-0.1, -0.05) is 19.3 Å². The predicted molar refractivity (Wildman–Crippen MR) is 140 cm³/mol. The van der Waals surface area contributed by atoms with Crippen molar-refractivity contribution in [2.45, 2.75) is 38.1 Å². The van der Waals surface area contributed by atoms with Crippen LogP contribution < -0.4 is 15.8 Å². The van der Waals surface area contributed by atoms with E-state index in [1.807, 2.05) is 13.1 Å². The first-order valence-corrected chi connectivity index (χ1v) is 12.8. The predicted octanol–water partition coefficient (Wildman–Crippen LogP) is 5.62. The van der Waals surface area contributed by atoms with Crippen molar-refractivity contribution < 1.29 is 18.3 Å². The minimum absolute atomic E-state index is 0.202. The third-order valence-electron chi connectivity index (χ3n) is 6.64. The van der Waals surface area contributed by atoms with Crippen LogP contribution in [0.25, 0.3) is 22.3 Å². The summed E-state index contributed by atoms with van der Waals surface area (Å²) in [5.74, 6) is -2.15. The maximum Gasteiger partial charge on any atom is 0.362 e. The SMILES string of the molecule is COC(=O)c1nc2cc(N(C)C3CCCCC3)c(Nc3nc(-c4ccc(F)cc4F)cs3)cc2[nH]c1=O. The number of carbonyl (C=O) groups excluding carboxylic acids is 1. The van der Waals surface area contributed by atoms with E-state index in [9.17, 15) is 18.4 Å². The largest absolute Gasteiger partial charge is 0.464 e. The maximum absolute atomic E-state index is 14.3. The fourth-order valence-corrected chi connectivity index (χ4v) is 5.40. The highest BCUT2D eigenvalue weighted by Gasteiger charge is 2.23. The number of H-pyrrole nitrogens is 1. The summed E-state index contributed by atoms with van der Waals surface area (Å²) in [7, 11) is 3.21. The highest BCUT2D eigenvalue weighted by Crippen LogP contribution is 2.37. The van der Waals surface area contributed by atoms with Crippen molar-refractivity contribution in [1.29, 1.82) is 0 Å². The molecule has 0 unspecified atom stereocenters. The molecule has 0 radical (unpaired) electrons. The van der Waals surface area contributed by atoms with Crippen LogP contribution in [-0.4, -0.2) is 41.1 Å². The number of aromatic amines is 1. The summed E-state index contributed by atoms with van der Waals surface area (Å²) >= 11 is 1.28. The minimum Gasteiger partial charge on any atom is -0.464 e. The quantitative estimate of drug-likeness (QED) is 0.315. The molecule has 0 amide bonds. The van der Waals surface area contributed by atoms with Crippen LogP contribution in [0.4, 0.5) is 25.3 Å². The van der Waals surface area contributed by atoms with Crippen LogP contribution in [0.1, 0.15) is 42.6 Å². The number of hydrogen-bond acceptors (Lipinski definition) is 8. The van der Waals surface area contributed by atoms with Gasteiger partial charge in [-0.15, -0.1) is 11.3 Å². The van der Waals surface area contributed by atoms with Crippen LogP contribution in [0.3, 0.4) is 0 Å². The molecule has 0 atom stereocenters. The van der Waals surface area contributed by atoms with Crippen molar-refractivity contribution >= 4 is 44.8 Å². The van der Waals surface area contributed by atoms with Crippen molar-refractivity contribution in [3.63, 3.8) is 0 Å². The zero-order chi connectivity index (χ0) is 26.1. The lowest BCUT2D eigenvalue weighted by atomic mass is 9.94. The molecule has 2 aromatic carbocycles. The molecule has 2 aromatic heterocycles. The fourth-order valence-electron chi connectivity index (χ4n) is 4.68. The Hall–Kier alpha value is -3.86. The number of nitrogens with zero attached hydrogens (tertiary/aromatic N) is 3. The van der Waals surface area contributed by atoms with Gasteiger partial charge < -0.3 is 19.9 Å². The van der Waals surface area contributed by atoms with Gasteiger partial charge in [-0.05, 0) is 37.1 Å². The molecule has 8 nitrogen and oxygen atoms in total. The molecule has 37 heavy (non-hydrogen) atoms. The van der Waals surface area contributed by atoms with Crippen molar-refractivity contribution in [3.05, 3.63) is 63.4 Å². The van der Waals surface area contributed by atoms with E-state index in [1.165, 1.54) is 37.0 Å². The molecule has 1 aliphatic rings. The molecule has 11 heteroatoms. The zero-order valence-electron chi connectivity index (χ0n) is 20.3. The number of rotatable bonds is 6. The number of fused-ring (bicyclic) bond motifs is 1.